The molecule has 0 aliphatic carbocycles. The lowest BCUT2D eigenvalue weighted by molar-refractivity contribution is 0.0964. The lowest BCUT2D eigenvalue weighted by Gasteiger charge is -2.28. The van der Waals surface area contributed by atoms with Gasteiger partial charge in [-0.1, -0.05) is 25.1 Å². The van der Waals surface area contributed by atoms with Crippen molar-refractivity contribution < 1.29 is 4.79 Å². The molecule has 9 heteroatoms. The first-order chi connectivity index (χ1) is 18.5. The largest absolute Gasteiger partial charge is 0.369 e. The van der Waals surface area contributed by atoms with Crippen molar-refractivity contribution in [1.82, 2.24) is 35.1 Å². The van der Waals surface area contributed by atoms with Crippen LogP contribution in [0.25, 0.3) is 22.2 Å². The summed E-state index contributed by atoms with van der Waals surface area (Å²) >= 11 is 0. The molecule has 1 fully saturated rings. The van der Waals surface area contributed by atoms with Gasteiger partial charge in [-0.2, -0.15) is 0 Å². The number of aromatic nitrogens is 5. The average molecular weight is 511 g/mol. The number of rotatable bonds is 8. The molecule has 38 heavy (non-hydrogen) atoms. The molecule has 0 bridgehead atoms. The Morgan fingerprint density at radius 1 is 1.08 bits per heavy atom. The molecule has 1 atom stereocenters. The molecule has 0 unspecified atom stereocenters. The molecule has 196 valence electrons. The number of nitrogens with zero attached hydrogens (tertiary/aromatic N) is 6. The fourth-order valence-electron chi connectivity index (χ4n) is 5.03. The lowest BCUT2D eigenvalue weighted by atomic mass is 9.93. The van der Waals surface area contributed by atoms with Crippen LogP contribution in [0.15, 0.2) is 55.2 Å². The van der Waals surface area contributed by atoms with Gasteiger partial charge in [0.2, 0.25) is 0 Å². The highest BCUT2D eigenvalue weighted by Gasteiger charge is 2.18. The topological polar surface area (TPSA) is 109 Å². The summed E-state index contributed by atoms with van der Waals surface area (Å²) in [7, 11) is 3.82. The highest BCUT2D eigenvalue weighted by Crippen LogP contribution is 2.27. The van der Waals surface area contributed by atoms with Crippen molar-refractivity contribution in [2.24, 2.45) is 5.92 Å². The zero-order chi connectivity index (χ0) is 26.5. The van der Waals surface area contributed by atoms with Crippen LogP contribution in [0.2, 0.25) is 0 Å². The van der Waals surface area contributed by atoms with E-state index in [1.807, 2.05) is 30.6 Å². The van der Waals surface area contributed by atoms with Crippen LogP contribution in [0, 0.1) is 5.92 Å². The summed E-state index contributed by atoms with van der Waals surface area (Å²) in [4.78, 5) is 37.4. The maximum absolute atomic E-state index is 12.3. The first-order valence-electron chi connectivity index (χ1n) is 13.2. The molecule has 2 N–H and O–H groups in total. The molecule has 0 spiro atoms. The number of hydrogen-bond donors (Lipinski definition) is 2. The third-order valence-corrected chi connectivity index (χ3v) is 7.37. The number of amides is 1. The zero-order valence-electron chi connectivity index (χ0n) is 22.2. The second-order valence-electron chi connectivity index (χ2n) is 10.1. The number of nitrogens with one attached hydrogen (secondary N) is 2. The van der Waals surface area contributed by atoms with Crippen LogP contribution < -0.4 is 10.6 Å². The van der Waals surface area contributed by atoms with Gasteiger partial charge in [-0.05, 0) is 50.5 Å². The third-order valence-electron chi connectivity index (χ3n) is 7.37. The molecule has 1 amide bonds. The molecule has 3 aromatic heterocycles. The van der Waals surface area contributed by atoms with Crippen LogP contribution in [-0.2, 0) is 6.42 Å². The van der Waals surface area contributed by atoms with Crippen LogP contribution in [0.5, 0.6) is 0 Å². The number of fused-ring (bicyclic) bond motifs is 1. The quantitative estimate of drug-likeness (QED) is 0.367. The van der Waals surface area contributed by atoms with Gasteiger partial charge in [-0.15, -0.1) is 0 Å². The van der Waals surface area contributed by atoms with Gasteiger partial charge in [0.1, 0.15) is 18.0 Å². The van der Waals surface area contributed by atoms with Crippen LogP contribution in [0.1, 0.15) is 47.4 Å². The zero-order valence-corrected chi connectivity index (χ0v) is 22.2. The second-order valence-corrected chi connectivity index (χ2v) is 10.1. The van der Waals surface area contributed by atoms with E-state index in [9.17, 15) is 4.79 Å². The first-order valence-corrected chi connectivity index (χ1v) is 13.2. The van der Waals surface area contributed by atoms with Crippen molar-refractivity contribution in [3.05, 3.63) is 72.2 Å². The van der Waals surface area contributed by atoms with E-state index < -0.39 is 0 Å². The van der Waals surface area contributed by atoms with Crippen molar-refractivity contribution in [1.29, 1.82) is 0 Å². The van der Waals surface area contributed by atoms with Gasteiger partial charge >= 0.3 is 0 Å². The smallest absolute Gasteiger partial charge is 0.251 e. The van der Waals surface area contributed by atoms with Crippen LogP contribution in [0.3, 0.4) is 0 Å². The number of pyridine rings is 1. The van der Waals surface area contributed by atoms with Gasteiger partial charge < -0.3 is 15.5 Å². The van der Waals surface area contributed by atoms with Gasteiger partial charge in [-0.25, -0.2) is 19.9 Å². The van der Waals surface area contributed by atoms with E-state index in [-0.39, 0.29) is 11.8 Å². The minimum Gasteiger partial charge on any atom is -0.369 e. The fraction of sp³-hybridized carbons (Fsp3) is 0.379. The van der Waals surface area contributed by atoms with Crippen molar-refractivity contribution in [3.63, 3.8) is 0 Å². The molecular weight excluding hydrogens is 476 g/mol. The summed E-state index contributed by atoms with van der Waals surface area (Å²) in [5, 5.41) is 6.99. The van der Waals surface area contributed by atoms with Gasteiger partial charge in [0.15, 0.2) is 0 Å². The first kappa shape index (κ1) is 25.7. The molecule has 5 rings (SSSR count). The average Bonchev–Trinajstić information content (AvgIpc) is 2.96. The second kappa shape index (κ2) is 11.6. The summed E-state index contributed by atoms with van der Waals surface area (Å²) in [6.07, 6.45) is 10.3. The number of anilines is 1. The summed E-state index contributed by atoms with van der Waals surface area (Å²) < 4.78 is 0. The Labute approximate surface area is 223 Å². The van der Waals surface area contributed by atoms with E-state index in [1.54, 1.807) is 25.6 Å². The number of piperidine rings is 1. The van der Waals surface area contributed by atoms with Crippen molar-refractivity contribution in [2.45, 2.75) is 32.1 Å². The van der Waals surface area contributed by atoms with E-state index in [1.165, 1.54) is 12.8 Å². The van der Waals surface area contributed by atoms with Gasteiger partial charge in [0.05, 0.1) is 16.8 Å². The molecule has 9 nitrogen and oxygen atoms in total. The van der Waals surface area contributed by atoms with Gasteiger partial charge in [-0.3, -0.25) is 9.78 Å². The van der Waals surface area contributed by atoms with E-state index in [0.717, 1.165) is 58.9 Å². The number of carbonyl (C=O) groups is 1. The molecular formula is C29H34N8O. The molecule has 1 saturated heterocycles. The Bertz CT molecular complexity index is 1400. The predicted octanol–water partition coefficient (Wildman–Crippen LogP) is 3.94. The predicted molar refractivity (Wildman–Crippen MR) is 149 cm³/mol. The molecule has 0 saturated carbocycles. The molecule has 4 heterocycles. The summed E-state index contributed by atoms with van der Waals surface area (Å²) in [5.41, 5.74) is 4.19. The van der Waals surface area contributed by atoms with Gasteiger partial charge in [0, 0.05) is 61.5 Å². The number of likely N-dealkylation sites (tertiary alicyclic amines) is 1. The Morgan fingerprint density at radius 2 is 1.87 bits per heavy atom. The number of para-hydroxylation sites is 1. The van der Waals surface area contributed by atoms with Gasteiger partial charge in [0.25, 0.3) is 5.91 Å². The summed E-state index contributed by atoms with van der Waals surface area (Å²) in [6.45, 7) is 5.07. The van der Waals surface area contributed by atoms with Crippen LogP contribution >= 0.6 is 0 Å². The van der Waals surface area contributed by atoms with E-state index in [4.69, 9.17) is 0 Å². The number of benzene rings is 1. The molecule has 1 aliphatic heterocycles. The Morgan fingerprint density at radius 3 is 2.63 bits per heavy atom. The molecule has 4 aromatic rings. The minimum atomic E-state index is -0.118. The van der Waals surface area contributed by atoms with E-state index in [0.29, 0.717) is 18.0 Å². The minimum absolute atomic E-state index is 0.118. The summed E-state index contributed by atoms with van der Waals surface area (Å²) in [6, 6.07) is 9.65. The van der Waals surface area contributed by atoms with E-state index >= 15 is 0 Å². The number of carbonyl (C=O) groups excluding carboxylic acids is 1. The number of hydrogen-bond acceptors (Lipinski definition) is 8. The van der Waals surface area contributed by atoms with Crippen molar-refractivity contribution in [3.8, 4) is 11.3 Å². The maximum Gasteiger partial charge on any atom is 0.251 e. The third kappa shape index (κ3) is 5.78. The van der Waals surface area contributed by atoms with Crippen molar-refractivity contribution >= 4 is 22.6 Å². The van der Waals surface area contributed by atoms with E-state index in [2.05, 4.69) is 60.5 Å². The highest BCUT2D eigenvalue weighted by atomic mass is 16.1. The monoisotopic (exact) mass is 510 g/mol. The normalized spacial score (nSPS) is 15.3. The SMILES string of the molecule is CNC(=O)c1ccnc2c([C@H](C)CNc3cc(-c4cnc(CC5CCN(C)CC5)nc4)ncn3)cccc12. The van der Waals surface area contributed by atoms with Crippen LogP contribution in [-0.4, -0.2) is 69.5 Å². The molecule has 0 radical (unpaired) electrons. The molecule has 1 aliphatic rings. The molecule has 1 aromatic carbocycles. The Kier molecular flexibility index (Phi) is 7.83. The Hall–Kier alpha value is -3.98. The maximum atomic E-state index is 12.3. The van der Waals surface area contributed by atoms with Crippen molar-refractivity contribution in [2.75, 3.05) is 39.0 Å². The highest BCUT2D eigenvalue weighted by molar-refractivity contribution is 6.06. The standard InChI is InChI=1S/C29H34N8O/c1-19(22-5-4-6-23-24(29(38)30-2)7-10-31-28(22)23)15-32-27-14-25(35-18-36-27)21-16-33-26(34-17-21)13-20-8-11-37(3)12-9-20/h4-7,10,14,16-20H,8-9,11-13,15H2,1-3H3,(H,30,38)(H,32,35,36)/t19-/m1/s1. The van der Waals surface area contributed by atoms with Crippen LogP contribution in [0.4, 0.5) is 5.82 Å². The fourth-order valence-corrected chi connectivity index (χ4v) is 5.03. The Balaban J connectivity index is 1.25. The summed E-state index contributed by atoms with van der Waals surface area (Å²) in [5.74, 6) is 2.30. The lowest BCUT2D eigenvalue weighted by Crippen LogP contribution is -2.31.